The summed E-state index contributed by atoms with van der Waals surface area (Å²) in [4.78, 5) is 27.7. The molecular formula is C24H26N4O2. The number of hydrogen-bond donors (Lipinski definition) is 1. The average molecular weight is 402 g/mol. The molecule has 0 saturated heterocycles. The monoisotopic (exact) mass is 402 g/mol. The molecule has 154 valence electrons. The van der Waals surface area contributed by atoms with E-state index in [2.05, 4.69) is 34.5 Å². The highest BCUT2D eigenvalue weighted by atomic mass is 16.2. The van der Waals surface area contributed by atoms with E-state index in [9.17, 15) is 9.59 Å². The van der Waals surface area contributed by atoms with Gasteiger partial charge in [-0.05, 0) is 56.0 Å². The topological polar surface area (TPSA) is 67.2 Å². The number of fused-ring (bicyclic) bond motifs is 1. The molecule has 3 aromatic rings. The number of ketones is 1. The summed E-state index contributed by atoms with van der Waals surface area (Å²) >= 11 is 0. The fourth-order valence-corrected chi connectivity index (χ4v) is 4.12. The van der Waals surface area contributed by atoms with E-state index in [0.29, 0.717) is 23.5 Å². The summed E-state index contributed by atoms with van der Waals surface area (Å²) in [6.45, 7) is 4.96. The van der Waals surface area contributed by atoms with E-state index in [0.717, 1.165) is 30.6 Å². The number of carbonyl (C=O) groups excluding carboxylic acids is 2. The quantitative estimate of drug-likeness (QED) is 0.525. The molecule has 6 heteroatoms. The molecule has 1 aromatic heterocycles. The Morgan fingerprint density at radius 2 is 1.87 bits per heavy atom. The van der Waals surface area contributed by atoms with Gasteiger partial charge in [-0.15, -0.1) is 0 Å². The molecule has 6 nitrogen and oxygen atoms in total. The number of amides is 1. The molecule has 30 heavy (non-hydrogen) atoms. The Kier molecular flexibility index (Phi) is 5.40. The van der Waals surface area contributed by atoms with Gasteiger partial charge in [0.2, 0.25) is 0 Å². The van der Waals surface area contributed by atoms with Crippen molar-refractivity contribution in [3.05, 3.63) is 76.6 Å². The first-order chi connectivity index (χ1) is 14.5. The van der Waals surface area contributed by atoms with Crippen molar-refractivity contribution in [2.45, 2.75) is 33.2 Å². The lowest BCUT2D eigenvalue weighted by atomic mass is 9.99. The Morgan fingerprint density at radius 1 is 1.10 bits per heavy atom. The molecule has 1 aliphatic rings. The summed E-state index contributed by atoms with van der Waals surface area (Å²) in [7, 11) is 2.10. The zero-order chi connectivity index (χ0) is 21.3. The van der Waals surface area contributed by atoms with E-state index in [1.54, 1.807) is 11.6 Å². The van der Waals surface area contributed by atoms with Gasteiger partial charge in [0, 0.05) is 25.8 Å². The smallest absolute Gasteiger partial charge is 0.292 e. The maximum atomic E-state index is 12.9. The van der Waals surface area contributed by atoms with Crippen molar-refractivity contribution in [1.29, 1.82) is 0 Å². The molecule has 1 N–H and O–H groups in total. The molecule has 1 aliphatic heterocycles. The second kappa shape index (κ2) is 8.14. The minimum absolute atomic E-state index is 0.326. The van der Waals surface area contributed by atoms with Crippen LogP contribution >= 0.6 is 0 Å². The SMILES string of the molecule is Cc1nn(-c2ccccc2)c(C)c1C(=O)C(=O)NCc1ccc2c(c1)CCCN2C. The van der Waals surface area contributed by atoms with E-state index in [1.165, 1.54) is 11.3 Å². The number of hydrogen-bond acceptors (Lipinski definition) is 4. The van der Waals surface area contributed by atoms with Gasteiger partial charge >= 0.3 is 0 Å². The predicted molar refractivity (Wildman–Crippen MR) is 117 cm³/mol. The van der Waals surface area contributed by atoms with Gasteiger partial charge in [0.05, 0.1) is 22.6 Å². The minimum atomic E-state index is -0.608. The second-order valence-corrected chi connectivity index (χ2v) is 7.79. The molecule has 2 aromatic carbocycles. The molecule has 4 rings (SSSR count). The second-order valence-electron chi connectivity index (χ2n) is 7.79. The van der Waals surface area contributed by atoms with E-state index < -0.39 is 11.7 Å². The number of carbonyl (C=O) groups is 2. The van der Waals surface area contributed by atoms with E-state index in [4.69, 9.17) is 0 Å². The highest BCUT2D eigenvalue weighted by Crippen LogP contribution is 2.26. The summed E-state index contributed by atoms with van der Waals surface area (Å²) in [6.07, 6.45) is 2.17. The first-order valence-corrected chi connectivity index (χ1v) is 10.2. The normalized spacial score (nSPS) is 13.1. The molecular weight excluding hydrogens is 376 g/mol. The predicted octanol–water partition coefficient (Wildman–Crippen LogP) is 3.37. The van der Waals surface area contributed by atoms with Crippen molar-refractivity contribution < 1.29 is 9.59 Å². The number of aromatic nitrogens is 2. The Labute approximate surface area is 176 Å². The third-order valence-electron chi connectivity index (χ3n) is 5.67. The Bertz CT molecular complexity index is 1100. The van der Waals surface area contributed by atoms with Crippen LogP contribution in [-0.2, 0) is 17.8 Å². The van der Waals surface area contributed by atoms with Crippen LogP contribution in [0.1, 0.15) is 39.3 Å². The number of nitrogens with zero attached hydrogens (tertiary/aromatic N) is 3. The molecule has 0 aliphatic carbocycles. The fourth-order valence-electron chi connectivity index (χ4n) is 4.12. The van der Waals surface area contributed by atoms with Gasteiger partial charge in [-0.3, -0.25) is 9.59 Å². The van der Waals surface area contributed by atoms with Crippen molar-refractivity contribution in [2.75, 3.05) is 18.5 Å². The highest BCUT2D eigenvalue weighted by Gasteiger charge is 2.25. The molecule has 0 radical (unpaired) electrons. The standard InChI is InChI=1S/C24H26N4O2/c1-16-22(17(2)28(26-16)20-9-5-4-6-10-20)23(29)24(30)25-15-18-11-12-21-19(14-18)8-7-13-27(21)3/h4-6,9-12,14H,7-8,13,15H2,1-3H3,(H,25,30). The van der Waals surface area contributed by atoms with Crippen LogP contribution in [-0.4, -0.2) is 35.1 Å². The van der Waals surface area contributed by atoms with Crippen molar-refractivity contribution in [3.63, 3.8) is 0 Å². The average Bonchev–Trinajstić information content (AvgIpc) is 3.06. The van der Waals surface area contributed by atoms with Crippen LogP contribution in [0.25, 0.3) is 5.69 Å². The maximum Gasteiger partial charge on any atom is 0.292 e. The number of anilines is 1. The highest BCUT2D eigenvalue weighted by molar-refractivity contribution is 6.43. The van der Waals surface area contributed by atoms with Gasteiger partial charge in [0.25, 0.3) is 11.7 Å². The van der Waals surface area contributed by atoms with Crippen LogP contribution in [0.4, 0.5) is 5.69 Å². The van der Waals surface area contributed by atoms with Gasteiger partial charge in [0.15, 0.2) is 0 Å². The summed E-state index contributed by atoms with van der Waals surface area (Å²) < 4.78 is 1.70. The number of rotatable bonds is 5. The zero-order valence-electron chi connectivity index (χ0n) is 17.6. The summed E-state index contributed by atoms with van der Waals surface area (Å²) in [6, 6.07) is 15.8. The van der Waals surface area contributed by atoms with Crippen LogP contribution in [0.15, 0.2) is 48.5 Å². The fraction of sp³-hybridized carbons (Fsp3) is 0.292. The number of benzene rings is 2. The summed E-state index contributed by atoms with van der Waals surface area (Å²) in [5, 5.41) is 7.25. The van der Waals surface area contributed by atoms with Crippen molar-refractivity contribution in [3.8, 4) is 5.69 Å². The van der Waals surface area contributed by atoms with E-state index in [-0.39, 0.29) is 0 Å². The van der Waals surface area contributed by atoms with Crippen molar-refractivity contribution in [1.82, 2.24) is 15.1 Å². The third-order valence-corrected chi connectivity index (χ3v) is 5.67. The number of Topliss-reactive ketones (excluding diaryl/α,β-unsaturated/α-hetero) is 1. The lowest BCUT2D eigenvalue weighted by Crippen LogP contribution is -2.31. The van der Waals surface area contributed by atoms with Gasteiger partial charge in [-0.25, -0.2) is 4.68 Å². The number of para-hydroxylation sites is 1. The molecule has 0 unspecified atom stereocenters. The Balaban J connectivity index is 1.48. The zero-order valence-corrected chi connectivity index (χ0v) is 17.6. The Morgan fingerprint density at radius 3 is 2.63 bits per heavy atom. The number of nitrogens with one attached hydrogen (secondary N) is 1. The van der Waals surface area contributed by atoms with E-state index >= 15 is 0 Å². The third kappa shape index (κ3) is 3.73. The molecule has 2 heterocycles. The lowest BCUT2D eigenvalue weighted by molar-refractivity contribution is -0.117. The van der Waals surface area contributed by atoms with Crippen LogP contribution in [0.2, 0.25) is 0 Å². The lowest BCUT2D eigenvalue weighted by Gasteiger charge is -2.27. The molecule has 0 atom stereocenters. The molecule has 0 bridgehead atoms. The van der Waals surface area contributed by atoms with Crippen molar-refractivity contribution >= 4 is 17.4 Å². The Hall–Kier alpha value is -3.41. The van der Waals surface area contributed by atoms with Gasteiger partial charge in [-0.2, -0.15) is 5.10 Å². The molecule has 0 spiro atoms. The number of aryl methyl sites for hydroxylation is 2. The van der Waals surface area contributed by atoms with Crippen LogP contribution in [0.3, 0.4) is 0 Å². The maximum absolute atomic E-state index is 12.9. The van der Waals surface area contributed by atoms with Gasteiger partial charge < -0.3 is 10.2 Å². The summed E-state index contributed by atoms with van der Waals surface area (Å²) in [5.74, 6) is -1.16. The minimum Gasteiger partial charge on any atom is -0.374 e. The van der Waals surface area contributed by atoms with Gasteiger partial charge in [0.1, 0.15) is 0 Å². The first kappa shape index (κ1) is 19.9. The first-order valence-electron chi connectivity index (χ1n) is 10.2. The van der Waals surface area contributed by atoms with Gasteiger partial charge in [-0.1, -0.05) is 30.3 Å². The van der Waals surface area contributed by atoms with Crippen molar-refractivity contribution in [2.24, 2.45) is 0 Å². The van der Waals surface area contributed by atoms with E-state index in [1.807, 2.05) is 43.3 Å². The van der Waals surface area contributed by atoms with Crippen LogP contribution in [0, 0.1) is 13.8 Å². The molecule has 0 fully saturated rings. The van der Waals surface area contributed by atoms with Crippen LogP contribution in [0.5, 0.6) is 0 Å². The largest absolute Gasteiger partial charge is 0.374 e. The summed E-state index contributed by atoms with van der Waals surface area (Å²) in [5.41, 5.74) is 5.97. The molecule has 0 saturated carbocycles. The van der Waals surface area contributed by atoms with Crippen LogP contribution < -0.4 is 10.2 Å². The molecule has 1 amide bonds.